The second-order valence-corrected chi connectivity index (χ2v) is 3.35. The van der Waals surface area contributed by atoms with Gasteiger partial charge >= 0.3 is 0 Å². The fraction of sp³-hybridized carbons (Fsp3) is 0.200. The number of nitrogens with two attached hydrogens (primary N) is 1. The number of hydrogen-bond donors (Lipinski definition) is 1. The number of imidazole rings is 1. The molecule has 2 N–H and O–H groups in total. The van der Waals surface area contributed by atoms with Crippen LogP contribution in [-0.2, 0) is 13.5 Å². The summed E-state index contributed by atoms with van der Waals surface area (Å²) in [5.41, 5.74) is 5.96. The minimum absolute atomic E-state index is 0.200. The smallest absolute Gasteiger partial charge is 0.269 e. The summed E-state index contributed by atoms with van der Waals surface area (Å²) in [6, 6.07) is 0. The van der Waals surface area contributed by atoms with Gasteiger partial charge in [0, 0.05) is 31.8 Å². The highest BCUT2D eigenvalue weighted by Gasteiger charge is 2.12. The van der Waals surface area contributed by atoms with Crippen molar-refractivity contribution in [2.24, 2.45) is 12.8 Å². The predicted molar refractivity (Wildman–Crippen MR) is 56.6 cm³/mol. The molecule has 2 aromatic heterocycles. The van der Waals surface area contributed by atoms with Crippen LogP contribution in [0.2, 0.25) is 0 Å². The second-order valence-electron chi connectivity index (χ2n) is 3.35. The van der Waals surface area contributed by atoms with Gasteiger partial charge in [0.1, 0.15) is 11.5 Å². The van der Waals surface area contributed by atoms with Crippen LogP contribution in [-0.4, -0.2) is 25.4 Å². The summed E-state index contributed by atoms with van der Waals surface area (Å²) in [4.78, 5) is 23.3. The van der Waals surface area contributed by atoms with Crippen molar-refractivity contribution in [2.45, 2.75) is 6.42 Å². The molecule has 1 amide bonds. The zero-order valence-electron chi connectivity index (χ0n) is 8.79. The Hall–Kier alpha value is -2.24. The number of aryl methyl sites for hydroxylation is 1. The Labute approximate surface area is 92.2 Å². The Morgan fingerprint density at radius 3 is 2.69 bits per heavy atom. The van der Waals surface area contributed by atoms with Crippen LogP contribution in [0.4, 0.5) is 0 Å². The van der Waals surface area contributed by atoms with E-state index < -0.39 is 5.91 Å². The molecule has 0 aliphatic rings. The maximum absolute atomic E-state index is 11.1. The summed E-state index contributed by atoms with van der Waals surface area (Å²) < 4.78 is 1.86. The molecule has 0 atom stereocenters. The van der Waals surface area contributed by atoms with Crippen molar-refractivity contribution in [3.05, 3.63) is 42.0 Å². The Bertz CT molecular complexity index is 519. The topological polar surface area (TPSA) is 86.7 Å². The lowest BCUT2D eigenvalue weighted by molar-refractivity contribution is 0.0994. The highest BCUT2D eigenvalue weighted by Crippen LogP contribution is 2.07. The van der Waals surface area contributed by atoms with Gasteiger partial charge in [-0.3, -0.25) is 9.78 Å². The summed E-state index contributed by atoms with van der Waals surface area (Å²) in [5, 5.41) is 0. The first kappa shape index (κ1) is 10.3. The second kappa shape index (κ2) is 4.09. The molecule has 2 rings (SSSR count). The van der Waals surface area contributed by atoms with Gasteiger partial charge in [0.15, 0.2) is 0 Å². The highest BCUT2D eigenvalue weighted by atomic mass is 16.1. The van der Waals surface area contributed by atoms with Gasteiger partial charge in [0.25, 0.3) is 5.91 Å². The minimum Gasteiger partial charge on any atom is -0.364 e. The van der Waals surface area contributed by atoms with Gasteiger partial charge in [0.05, 0.1) is 12.1 Å². The van der Waals surface area contributed by atoms with E-state index in [0.29, 0.717) is 12.1 Å². The van der Waals surface area contributed by atoms with E-state index in [2.05, 4.69) is 15.0 Å². The van der Waals surface area contributed by atoms with Gasteiger partial charge in [-0.25, -0.2) is 9.97 Å². The quantitative estimate of drug-likeness (QED) is 0.777. The lowest BCUT2D eigenvalue weighted by Crippen LogP contribution is -2.17. The van der Waals surface area contributed by atoms with Crippen molar-refractivity contribution in [3.8, 4) is 0 Å². The van der Waals surface area contributed by atoms with E-state index in [1.807, 2.05) is 17.8 Å². The Morgan fingerprint density at radius 1 is 1.31 bits per heavy atom. The molecule has 0 spiro atoms. The Morgan fingerprint density at radius 2 is 2.06 bits per heavy atom. The summed E-state index contributed by atoms with van der Waals surface area (Å²) in [7, 11) is 1.88. The minimum atomic E-state index is -0.572. The van der Waals surface area contributed by atoms with E-state index in [1.165, 1.54) is 12.4 Å². The molecule has 82 valence electrons. The molecular formula is C10H11N5O. The summed E-state index contributed by atoms with van der Waals surface area (Å²) >= 11 is 0. The Balaban J connectivity index is 2.35. The standard InChI is InChI=1S/C10H11N5O/c1-15-5-4-13-8(15)6-7-9(10(11)16)14-3-2-12-7/h2-5H,6H2,1H3,(H2,11,16). The molecule has 16 heavy (non-hydrogen) atoms. The van der Waals surface area contributed by atoms with E-state index in [0.717, 1.165) is 5.82 Å². The maximum Gasteiger partial charge on any atom is 0.269 e. The van der Waals surface area contributed by atoms with Crippen molar-refractivity contribution in [2.75, 3.05) is 0 Å². The van der Waals surface area contributed by atoms with Crippen LogP contribution < -0.4 is 5.73 Å². The third-order valence-electron chi connectivity index (χ3n) is 2.25. The predicted octanol–water partition coefficient (Wildman–Crippen LogP) is -0.100. The van der Waals surface area contributed by atoms with Crippen molar-refractivity contribution in [1.82, 2.24) is 19.5 Å². The third kappa shape index (κ3) is 1.90. The lowest BCUT2D eigenvalue weighted by atomic mass is 10.2. The number of hydrogen-bond acceptors (Lipinski definition) is 4. The van der Waals surface area contributed by atoms with Crippen LogP contribution in [0.25, 0.3) is 0 Å². The van der Waals surface area contributed by atoms with Crippen molar-refractivity contribution < 1.29 is 4.79 Å². The van der Waals surface area contributed by atoms with Gasteiger partial charge in [-0.05, 0) is 0 Å². The van der Waals surface area contributed by atoms with Gasteiger partial charge in [-0.15, -0.1) is 0 Å². The fourth-order valence-corrected chi connectivity index (χ4v) is 1.42. The molecule has 0 fully saturated rings. The maximum atomic E-state index is 11.1. The number of primary amides is 1. The third-order valence-corrected chi connectivity index (χ3v) is 2.25. The first-order valence-corrected chi connectivity index (χ1v) is 4.74. The molecule has 0 aliphatic carbocycles. The van der Waals surface area contributed by atoms with E-state index in [-0.39, 0.29) is 5.69 Å². The van der Waals surface area contributed by atoms with Gasteiger partial charge < -0.3 is 10.3 Å². The number of carbonyl (C=O) groups is 1. The van der Waals surface area contributed by atoms with Crippen molar-refractivity contribution in [1.29, 1.82) is 0 Å². The van der Waals surface area contributed by atoms with Gasteiger partial charge in [-0.2, -0.15) is 0 Å². The summed E-state index contributed by atoms with van der Waals surface area (Å²) in [6.45, 7) is 0. The van der Waals surface area contributed by atoms with Crippen LogP contribution in [0.15, 0.2) is 24.8 Å². The fourth-order valence-electron chi connectivity index (χ4n) is 1.42. The molecule has 0 aliphatic heterocycles. The van der Waals surface area contributed by atoms with Crippen LogP contribution in [0.1, 0.15) is 22.0 Å². The molecule has 0 unspecified atom stereocenters. The monoisotopic (exact) mass is 217 g/mol. The largest absolute Gasteiger partial charge is 0.364 e. The number of nitrogens with zero attached hydrogens (tertiary/aromatic N) is 4. The highest BCUT2D eigenvalue weighted by molar-refractivity contribution is 5.91. The molecule has 2 aromatic rings. The van der Waals surface area contributed by atoms with Crippen molar-refractivity contribution >= 4 is 5.91 Å². The van der Waals surface area contributed by atoms with E-state index >= 15 is 0 Å². The molecule has 0 saturated carbocycles. The van der Waals surface area contributed by atoms with Crippen molar-refractivity contribution in [3.63, 3.8) is 0 Å². The lowest BCUT2D eigenvalue weighted by Gasteiger charge is -2.04. The van der Waals surface area contributed by atoms with Crippen LogP contribution in [0.3, 0.4) is 0 Å². The molecular weight excluding hydrogens is 206 g/mol. The number of amides is 1. The first-order valence-electron chi connectivity index (χ1n) is 4.74. The molecule has 0 radical (unpaired) electrons. The molecule has 0 saturated heterocycles. The molecule has 6 heteroatoms. The van der Waals surface area contributed by atoms with Crippen LogP contribution >= 0.6 is 0 Å². The summed E-state index contributed by atoms with van der Waals surface area (Å²) in [6.07, 6.45) is 6.94. The molecule has 6 nitrogen and oxygen atoms in total. The number of rotatable bonds is 3. The average molecular weight is 217 g/mol. The molecule has 0 bridgehead atoms. The van der Waals surface area contributed by atoms with Gasteiger partial charge in [-0.1, -0.05) is 0 Å². The average Bonchev–Trinajstić information content (AvgIpc) is 2.65. The van der Waals surface area contributed by atoms with Crippen LogP contribution in [0, 0.1) is 0 Å². The van der Waals surface area contributed by atoms with Crippen LogP contribution in [0.5, 0.6) is 0 Å². The number of carbonyl (C=O) groups excluding carboxylic acids is 1. The van der Waals surface area contributed by atoms with E-state index in [4.69, 9.17) is 5.73 Å². The molecule has 2 heterocycles. The number of aromatic nitrogens is 4. The van der Waals surface area contributed by atoms with E-state index in [1.54, 1.807) is 6.20 Å². The first-order chi connectivity index (χ1) is 7.68. The zero-order chi connectivity index (χ0) is 11.5. The SMILES string of the molecule is Cn1ccnc1Cc1nccnc1C(N)=O. The summed E-state index contributed by atoms with van der Waals surface area (Å²) in [5.74, 6) is 0.236. The molecule has 0 aromatic carbocycles. The Kier molecular flexibility index (Phi) is 2.63. The van der Waals surface area contributed by atoms with Gasteiger partial charge in [0.2, 0.25) is 0 Å². The zero-order valence-corrected chi connectivity index (χ0v) is 8.79. The normalized spacial score (nSPS) is 10.3. The van der Waals surface area contributed by atoms with E-state index in [9.17, 15) is 4.79 Å².